The van der Waals surface area contributed by atoms with Gasteiger partial charge in [-0.3, -0.25) is 0 Å². The molecule has 0 aliphatic heterocycles. The average Bonchev–Trinajstić information content (AvgIpc) is 2.28. The molecule has 0 atom stereocenters. The standard InChI is InChI=1S/C13H10BrN/c14-9-12-3-1-2-11-5-4-10(6-7-15)8-13(11)12/h1-5,8H,6,9H2. The van der Waals surface area contributed by atoms with Crippen LogP contribution >= 0.6 is 15.9 Å². The highest BCUT2D eigenvalue weighted by atomic mass is 79.9. The third kappa shape index (κ3) is 2.03. The van der Waals surface area contributed by atoms with E-state index in [1.807, 2.05) is 6.07 Å². The highest BCUT2D eigenvalue weighted by Gasteiger charge is 2.00. The largest absolute Gasteiger partial charge is 0.198 e. The summed E-state index contributed by atoms with van der Waals surface area (Å²) in [6.45, 7) is 0. The molecule has 2 rings (SSSR count). The van der Waals surface area contributed by atoms with Crippen LogP contribution in [0.1, 0.15) is 11.1 Å². The van der Waals surface area contributed by atoms with Crippen molar-refractivity contribution in [3.63, 3.8) is 0 Å². The van der Waals surface area contributed by atoms with Crippen LogP contribution in [0.15, 0.2) is 36.4 Å². The molecule has 0 radical (unpaired) electrons. The number of benzene rings is 2. The number of alkyl halides is 1. The summed E-state index contributed by atoms with van der Waals surface area (Å²) in [5, 5.41) is 12.0. The summed E-state index contributed by atoms with van der Waals surface area (Å²) in [6.07, 6.45) is 0.479. The first kappa shape index (κ1) is 10.2. The Hall–Kier alpha value is -1.33. The van der Waals surface area contributed by atoms with Crippen molar-refractivity contribution in [3.8, 4) is 6.07 Å². The summed E-state index contributed by atoms with van der Waals surface area (Å²) >= 11 is 3.48. The van der Waals surface area contributed by atoms with Crippen molar-refractivity contribution in [1.29, 1.82) is 5.26 Å². The summed E-state index contributed by atoms with van der Waals surface area (Å²) in [5.74, 6) is 0. The normalized spacial score (nSPS) is 10.1. The highest BCUT2D eigenvalue weighted by molar-refractivity contribution is 9.08. The average molecular weight is 260 g/mol. The maximum absolute atomic E-state index is 8.66. The van der Waals surface area contributed by atoms with Gasteiger partial charge in [0, 0.05) is 5.33 Å². The second-order valence-electron chi connectivity index (χ2n) is 3.44. The molecule has 15 heavy (non-hydrogen) atoms. The van der Waals surface area contributed by atoms with Gasteiger partial charge < -0.3 is 0 Å². The molecular weight excluding hydrogens is 250 g/mol. The Morgan fingerprint density at radius 2 is 2.07 bits per heavy atom. The van der Waals surface area contributed by atoms with Gasteiger partial charge in [-0.05, 0) is 28.0 Å². The van der Waals surface area contributed by atoms with Gasteiger partial charge in [0.1, 0.15) is 0 Å². The van der Waals surface area contributed by atoms with E-state index < -0.39 is 0 Å². The summed E-state index contributed by atoms with van der Waals surface area (Å²) in [7, 11) is 0. The Balaban J connectivity index is 2.63. The molecule has 0 fully saturated rings. The van der Waals surface area contributed by atoms with Crippen molar-refractivity contribution in [3.05, 3.63) is 47.5 Å². The number of rotatable bonds is 2. The van der Waals surface area contributed by atoms with Gasteiger partial charge in [-0.15, -0.1) is 0 Å². The lowest BCUT2D eigenvalue weighted by molar-refractivity contribution is 1.27. The Morgan fingerprint density at radius 1 is 1.20 bits per heavy atom. The summed E-state index contributed by atoms with van der Waals surface area (Å²) in [6, 6.07) is 14.6. The zero-order chi connectivity index (χ0) is 10.7. The molecule has 2 aromatic carbocycles. The Bertz CT molecular complexity index is 526. The molecule has 0 aromatic heterocycles. The smallest absolute Gasteiger partial charge is 0.0669 e. The van der Waals surface area contributed by atoms with Gasteiger partial charge >= 0.3 is 0 Å². The quantitative estimate of drug-likeness (QED) is 0.753. The van der Waals surface area contributed by atoms with Crippen molar-refractivity contribution >= 4 is 26.7 Å². The molecule has 1 nitrogen and oxygen atoms in total. The molecule has 2 heteroatoms. The van der Waals surface area contributed by atoms with Gasteiger partial charge in [0.2, 0.25) is 0 Å². The molecule has 0 N–H and O–H groups in total. The summed E-state index contributed by atoms with van der Waals surface area (Å²) in [4.78, 5) is 0. The Kier molecular flexibility index (Phi) is 3.03. The lowest BCUT2D eigenvalue weighted by Gasteiger charge is -2.04. The SMILES string of the molecule is N#CCc1ccc2cccc(CBr)c2c1. The van der Waals surface area contributed by atoms with E-state index >= 15 is 0 Å². The number of fused-ring (bicyclic) bond motifs is 1. The Morgan fingerprint density at radius 3 is 2.80 bits per heavy atom. The van der Waals surface area contributed by atoms with Crippen LogP contribution in [0.5, 0.6) is 0 Å². The first-order valence-electron chi connectivity index (χ1n) is 4.78. The number of nitriles is 1. The zero-order valence-electron chi connectivity index (χ0n) is 8.20. The van der Waals surface area contributed by atoms with Crippen LogP contribution in [0.4, 0.5) is 0 Å². The third-order valence-electron chi connectivity index (χ3n) is 2.46. The minimum atomic E-state index is 0.479. The zero-order valence-corrected chi connectivity index (χ0v) is 9.79. The number of hydrogen-bond donors (Lipinski definition) is 0. The molecule has 0 spiro atoms. The molecular formula is C13H10BrN. The maximum Gasteiger partial charge on any atom is 0.0669 e. The topological polar surface area (TPSA) is 23.8 Å². The highest BCUT2D eigenvalue weighted by Crippen LogP contribution is 2.22. The van der Waals surface area contributed by atoms with Crippen LogP contribution < -0.4 is 0 Å². The van der Waals surface area contributed by atoms with E-state index in [9.17, 15) is 0 Å². The fraction of sp³-hybridized carbons (Fsp3) is 0.154. The molecule has 0 saturated carbocycles. The van der Waals surface area contributed by atoms with Crippen molar-refractivity contribution in [1.82, 2.24) is 0 Å². The lowest BCUT2D eigenvalue weighted by atomic mass is 10.0. The van der Waals surface area contributed by atoms with E-state index in [0.29, 0.717) is 6.42 Å². The van der Waals surface area contributed by atoms with Gasteiger partial charge in [-0.25, -0.2) is 0 Å². The number of nitrogens with zero attached hydrogens (tertiary/aromatic N) is 1. The van der Waals surface area contributed by atoms with Gasteiger partial charge in [-0.2, -0.15) is 5.26 Å². The minimum Gasteiger partial charge on any atom is -0.198 e. The van der Waals surface area contributed by atoms with E-state index in [1.54, 1.807) is 0 Å². The molecule has 0 amide bonds. The van der Waals surface area contributed by atoms with Crippen LogP contribution in [-0.2, 0) is 11.8 Å². The second-order valence-corrected chi connectivity index (χ2v) is 4.00. The van der Waals surface area contributed by atoms with Crippen LogP contribution in [0.3, 0.4) is 0 Å². The molecule has 0 heterocycles. The fourth-order valence-corrected chi connectivity index (χ4v) is 2.19. The predicted octanol–water partition coefficient (Wildman–Crippen LogP) is 3.80. The first-order chi connectivity index (χ1) is 7.35. The monoisotopic (exact) mass is 259 g/mol. The first-order valence-corrected chi connectivity index (χ1v) is 5.91. The van der Waals surface area contributed by atoms with E-state index in [4.69, 9.17) is 5.26 Å². The van der Waals surface area contributed by atoms with E-state index in [-0.39, 0.29) is 0 Å². The fourth-order valence-electron chi connectivity index (χ4n) is 1.70. The molecule has 0 unspecified atom stereocenters. The molecule has 2 aromatic rings. The molecule has 0 aliphatic carbocycles. The van der Waals surface area contributed by atoms with Crippen LogP contribution in [0.25, 0.3) is 10.8 Å². The molecule has 74 valence electrons. The van der Waals surface area contributed by atoms with Crippen LogP contribution in [0.2, 0.25) is 0 Å². The predicted molar refractivity (Wildman–Crippen MR) is 65.9 cm³/mol. The minimum absolute atomic E-state index is 0.479. The van der Waals surface area contributed by atoms with Crippen molar-refractivity contribution in [2.75, 3.05) is 0 Å². The van der Waals surface area contributed by atoms with Crippen molar-refractivity contribution in [2.24, 2.45) is 0 Å². The number of hydrogen-bond acceptors (Lipinski definition) is 1. The third-order valence-corrected chi connectivity index (χ3v) is 3.07. The van der Waals surface area contributed by atoms with Crippen molar-refractivity contribution < 1.29 is 0 Å². The van der Waals surface area contributed by atoms with E-state index in [0.717, 1.165) is 10.9 Å². The van der Waals surface area contributed by atoms with Gasteiger partial charge in [0.15, 0.2) is 0 Å². The molecule has 0 saturated heterocycles. The second kappa shape index (κ2) is 4.46. The van der Waals surface area contributed by atoms with E-state index in [2.05, 4.69) is 52.3 Å². The number of halogens is 1. The van der Waals surface area contributed by atoms with Crippen molar-refractivity contribution in [2.45, 2.75) is 11.8 Å². The van der Waals surface area contributed by atoms with E-state index in [1.165, 1.54) is 16.3 Å². The molecule has 0 aliphatic rings. The summed E-state index contributed by atoms with van der Waals surface area (Å²) < 4.78 is 0. The van der Waals surface area contributed by atoms with Gasteiger partial charge in [0.25, 0.3) is 0 Å². The van der Waals surface area contributed by atoms with Gasteiger partial charge in [0.05, 0.1) is 12.5 Å². The lowest BCUT2D eigenvalue weighted by Crippen LogP contribution is -1.85. The Labute approximate surface area is 97.5 Å². The van der Waals surface area contributed by atoms with Gasteiger partial charge in [-0.1, -0.05) is 46.3 Å². The van der Waals surface area contributed by atoms with Crippen LogP contribution in [0, 0.1) is 11.3 Å². The summed E-state index contributed by atoms with van der Waals surface area (Å²) in [5.41, 5.74) is 2.35. The van der Waals surface area contributed by atoms with Crippen LogP contribution in [-0.4, -0.2) is 0 Å². The molecule has 0 bridgehead atoms. The maximum atomic E-state index is 8.66.